The highest BCUT2D eigenvalue weighted by Gasteiger charge is 2.40. The summed E-state index contributed by atoms with van der Waals surface area (Å²) in [5.41, 5.74) is 1.93. The molecule has 0 aliphatic carbocycles. The summed E-state index contributed by atoms with van der Waals surface area (Å²) in [6, 6.07) is 4.82. The minimum atomic E-state index is -0.865. The number of rotatable bonds is 3. The molecule has 1 aliphatic rings. The van der Waals surface area contributed by atoms with E-state index in [4.69, 9.17) is 5.84 Å². The maximum Gasteiger partial charge on any atom is 0.316 e. The Hall–Kier alpha value is -2.35. The van der Waals surface area contributed by atoms with Crippen LogP contribution in [0.25, 0.3) is 0 Å². The first-order chi connectivity index (χ1) is 9.39. The average Bonchev–Trinajstić information content (AvgIpc) is 2.40. The predicted octanol–water partition coefficient (Wildman–Crippen LogP) is 0.595. The molecule has 8 heteroatoms. The fourth-order valence-electron chi connectivity index (χ4n) is 2.38. The van der Waals surface area contributed by atoms with Gasteiger partial charge in [0.05, 0.1) is 4.92 Å². The van der Waals surface area contributed by atoms with Crippen molar-refractivity contribution in [1.82, 2.24) is 5.32 Å². The standard InChI is InChI=1S/C12H17N5O3/c1-12(2)11(18)14-6-7-16(12)9-5-3-4-8(15-13)10(9)17(19)20/h3-5,15H,6-7,13H2,1-2H3,(H,14,18). The van der Waals surface area contributed by atoms with Crippen LogP contribution in [0.5, 0.6) is 0 Å². The van der Waals surface area contributed by atoms with Gasteiger partial charge in [0, 0.05) is 13.1 Å². The zero-order valence-electron chi connectivity index (χ0n) is 11.3. The second-order valence-corrected chi connectivity index (χ2v) is 5.04. The number of nitrogens with one attached hydrogen (secondary N) is 2. The van der Waals surface area contributed by atoms with E-state index in [2.05, 4.69) is 10.7 Å². The molecule has 1 fully saturated rings. The van der Waals surface area contributed by atoms with E-state index in [1.54, 1.807) is 30.9 Å². The van der Waals surface area contributed by atoms with Crippen molar-refractivity contribution in [2.45, 2.75) is 19.4 Å². The average molecular weight is 279 g/mol. The molecule has 0 radical (unpaired) electrons. The topological polar surface area (TPSA) is 114 Å². The molecule has 4 N–H and O–H groups in total. The lowest BCUT2D eigenvalue weighted by atomic mass is 9.97. The van der Waals surface area contributed by atoms with E-state index >= 15 is 0 Å². The Morgan fingerprint density at radius 1 is 1.50 bits per heavy atom. The van der Waals surface area contributed by atoms with Crippen molar-refractivity contribution in [2.75, 3.05) is 23.4 Å². The van der Waals surface area contributed by atoms with Gasteiger partial charge >= 0.3 is 5.69 Å². The number of nitro groups is 1. The van der Waals surface area contributed by atoms with Crippen LogP contribution in [0.4, 0.5) is 17.1 Å². The fourth-order valence-corrected chi connectivity index (χ4v) is 2.38. The Bertz CT molecular complexity index is 558. The van der Waals surface area contributed by atoms with Crippen LogP contribution in [0.3, 0.4) is 0 Å². The van der Waals surface area contributed by atoms with Crippen molar-refractivity contribution in [1.29, 1.82) is 0 Å². The summed E-state index contributed by atoms with van der Waals surface area (Å²) in [4.78, 5) is 24.5. The third-order valence-corrected chi connectivity index (χ3v) is 3.50. The molecule has 0 atom stereocenters. The summed E-state index contributed by atoms with van der Waals surface area (Å²) in [5.74, 6) is 5.17. The summed E-state index contributed by atoms with van der Waals surface area (Å²) in [6.45, 7) is 4.40. The number of nitro benzene ring substituents is 1. The van der Waals surface area contributed by atoms with Crippen LogP contribution in [-0.4, -0.2) is 29.5 Å². The largest absolute Gasteiger partial charge is 0.352 e. The van der Waals surface area contributed by atoms with Gasteiger partial charge in [0.15, 0.2) is 0 Å². The van der Waals surface area contributed by atoms with E-state index in [0.717, 1.165) is 0 Å². The second-order valence-electron chi connectivity index (χ2n) is 5.04. The fraction of sp³-hybridized carbons (Fsp3) is 0.417. The summed E-state index contributed by atoms with van der Waals surface area (Å²) < 4.78 is 0. The molecule has 0 unspecified atom stereocenters. The van der Waals surface area contributed by atoms with E-state index in [1.807, 2.05) is 0 Å². The molecule has 8 nitrogen and oxygen atoms in total. The van der Waals surface area contributed by atoms with Crippen LogP contribution in [0.1, 0.15) is 13.8 Å². The molecule has 108 valence electrons. The van der Waals surface area contributed by atoms with Gasteiger partial charge in [-0.3, -0.25) is 20.8 Å². The second kappa shape index (κ2) is 4.97. The van der Waals surface area contributed by atoms with Crippen molar-refractivity contribution in [3.8, 4) is 0 Å². The maximum absolute atomic E-state index is 12.0. The molecule has 0 spiro atoms. The maximum atomic E-state index is 12.0. The molecule has 20 heavy (non-hydrogen) atoms. The molecular weight excluding hydrogens is 262 g/mol. The van der Waals surface area contributed by atoms with Gasteiger partial charge in [-0.15, -0.1) is 0 Å². The molecule has 1 saturated heterocycles. The highest BCUT2D eigenvalue weighted by molar-refractivity contribution is 5.92. The quantitative estimate of drug-likeness (QED) is 0.424. The molecule has 0 saturated carbocycles. The van der Waals surface area contributed by atoms with Gasteiger partial charge in [0.2, 0.25) is 5.91 Å². The molecule has 2 rings (SSSR count). The number of para-hydroxylation sites is 1. The van der Waals surface area contributed by atoms with Crippen LogP contribution < -0.4 is 21.5 Å². The minimum Gasteiger partial charge on any atom is -0.352 e. The number of nitrogens with zero attached hydrogens (tertiary/aromatic N) is 2. The van der Waals surface area contributed by atoms with Gasteiger partial charge in [-0.25, -0.2) is 0 Å². The van der Waals surface area contributed by atoms with Gasteiger partial charge in [-0.1, -0.05) is 6.07 Å². The van der Waals surface area contributed by atoms with Gasteiger partial charge in [0.25, 0.3) is 0 Å². The Balaban J connectivity index is 2.57. The van der Waals surface area contributed by atoms with Crippen molar-refractivity contribution < 1.29 is 9.72 Å². The first kappa shape index (κ1) is 14.1. The number of hydrazine groups is 1. The van der Waals surface area contributed by atoms with Crippen LogP contribution in [0, 0.1) is 10.1 Å². The van der Waals surface area contributed by atoms with Crippen molar-refractivity contribution in [3.63, 3.8) is 0 Å². The number of hydrogen-bond donors (Lipinski definition) is 3. The van der Waals surface area contributed by atoms with Crippen LogP contribution in [0.2, 0.25) is 0 Å². The predicted molar refractivity (Wildman–Crippen MR) is 75.3 cm³/mol. The third kappa shape index (κ3) is 2.14. The van der Waals surface area contributed by atoms with Gasteiger partial charge in [0.1, 0.15) is 16.9 Å². The van der Waals surface area contributed by atoms with Crippen LogP contribution >= 0.6 is 0 Å². The SMILES string of the molecule is CC1(C)C(=O)NCCN1c1cccc(NN)c1[N+](=O)[O-]. The Morgan fingerprint density at radius 2 is 2.20 bits per heavy atom. The number of piperazine rings is 1. The number of nitrogens with two attached hydrogens (primary N) is 1. The summed E-state index contributed by atoms with van der Waals surface area (Å²) in [5, 5.41) is 14.1. The number of nitrogen functional groups attached to an aromatic ring is 1. The lowest BCUT2D eigenvalue weighted by molar-refractivity contribution is -0.383. The number of anilines is 2. The molecule has 0 bridgehead atoms. The molecule has 1 heterocycles. The number of hydrogen-bond acceptors (Lipinski definition) is 6. The zero-order chi connectivity index (χ0) is 14.9. The van der Waals surface area contributed by atoms with E-state index in [9.17, 15) is 14.9 Å². The first-order valence-electron chi connectivity index (χ1n) is 6.19. The molecule has 1 aliphatic heterocycles. The number of amides is 1. The van der Waals surface area contributed by atoms with E-state index < -0.39 is 10.5 Å². The molecule has 1 aromatic rings. The van der Waals surface area contributed by atoms with Crippen LogP contribution in [-0.2, 0) is 4.79 Å². The Morgan fingerprint density at radius 3 is 2.80 bits per heavy atom. The summed E-state index contributed by atoms with van der Waals surface area (Å²) in [7, 11) is 0. The monoisotopic (exact) mass is 279 g/mol. The van der Waals surface area contributed by atoms with Crippen LogP contribution in [0.15, 0.2) is 18.2 Å². The van der Waals surface area contributed by atoms with E-state index in [-0.39, 0.29) is 17.3 Å². The zero-order valence-corrected chi connectivity index (χ0v) is 11.3. The minimum absolute atomic E-state index is 0.127. The van der Waals surface area contributed by atoms with E-state index in [0.29, 0.717) is 18.8 Å². The van der Waals surface area contributed by atoms with Gasteiger partial charge in [-0.2, -0.15) is 0 Å². The molecule has 1 aromatic carbocycles. The number of benzene rings is 1. The van der Waals surface area contributed by atoms with Crippen molar-refractivity contribution in [3.05, 3.63) is 28.3 Å². The van der Waals surface area contributed by atoms with Gasteiger partial charge < -0.3 is 15.6 Å². The lowest BCUT2D eigenvalue weighted by Gasteiger charge is -2.42. The Labute approximate surface area is 116 Å². The van der Waals surface area contributed by atoms with Crippen molar-refractivity contribution in [2.24, 2.45) is 5.84 Å². The molecular formula is C12H17N5O3. The van der Waals surface area contributed by atoms with Crippen molar-refractivity contribution >= 4 is 23.0 Å². The summed E-state index contributed by atoms with van der Waals surface area (Å²) >= 11 is 0. The number of carbonyl (C=O) groups is 1. The molecule has 0 aromatic heterocycles. The normalized spacial score (nSPS) is 17.6. The van der Waals surface area contributed by atoms with Gasteiger partial charge in [-0.05, 0) is 26.0 Å². The third-order valence-electron chi connectivity index (χ3n) is 3.50. The highest BCUT2D eigenvalue weighted by atomic mass is 16.6. The first-order valence-corrected chi connectivity index (χ1v) is 6.19. The Kier molecular flexibility index (Phi) is 3.49. The summed E-state index contributed by atoms with van der Waals surface area (Å²) in [6.07, 6.45) is 0. The van der Waals surface area contributed by atoms with E-state index in [1.165, 1.54) is 6.07 Å². The smallest absolute Gasteiger partial charge is 0.316 e. The number of carbonyl (C=O) groups excluding carboxylic acids is 1. The highest BCUT2D eigenvalue weighted by Crippen LogP contribution is 2.38. The lowest BCUT2D eigenvalue weighted by Crippen LogP contribution is -2.62. The molecule has 1 amide bonds.